The fourth-order valence-electron chi connectivity index (χ4n) is 2.32. The van der Waals surface area contributed by atoms with Crippen LogP contribution in [0.2, 0.25) is 0 Å². The van der Waals surface area contributed by atoms with Gasteiger partial charge >= 0.3 is 0 Å². The van der Waals surface area contributed by atoms with E-state index in [9.17, 15) is 5.26 Å². The molecule has 3 heteroatoms. The van der Waals surface area contributed by atoms with Crippen molar-refractivity contribution in [1.29, 1.82) is 5.26 Å². The van der Waals surface area contributed by atoms with Gasteiger partial charge in [-0.25, -0.2) is 0 Å². The number of nitriles is 1. The van der Waals surface area contributed by atoms with Crippen LogP contribution in [0.3, 0.4) is 0 Å². The summed E-state index contributed by atoms with van der Waals surface area (Å²) in [6, 6.07) is 16.6. The third-order valence-electron chi connectivity index (χ3n) is 3.42. The molecule has 0 atom stereocenters. The van der Waals surface area contributed by atoms with Gasteiger partial charge in [0.2, 0.25) is 0 Å². The van der Waals surface area contributed by atoms with Crippen LogP contribution < -0.4 is 5.32 Å². The Morgan fingerprint density at radius 3 is 2.85 bits per heavy atom. The molecule has 0 aliphatic heterocycles. The highest BCUT2D eigenvalue weighted by atomic mass is 32.1. The molecule has 0 aliphatic carbocycles. The molecule has 0 unspecified atom stereocenters. The first-order chi connectivity index (χ1) is 9.79. The third-order valence-corrected chi connectivity index (χ3v) is 4.43. The van der Waals surface area contributed by atoms with E-state index >= 15 is 0 Å². The molecule has 0 amide bonds. The first-order valence-corrected chi connectivity index (χ1v) is 7.36. The second-order valence-corrected chi connectivity index (χ2v) is 5.63. The minimum atomic E-state index is 0.729. The molecule has 0 saturated heterocycles. The Kier molecular flexibility index (Phi) is 3.41. The maximum atomic E-state index is 9.24. The SMILES string of the molecule is Cc1cccc(NCc2csc3ccccc23)c1C#N. The quantitative estimate of drug-likeness (QED) is 0.754. The number of nitrogens with zero attached hydrogens (tertiary/aromatic N) is 1. The standard InChI is InChI=1S/C17H14N2S/c1-12-5-4-7-16(15(12)9-18)19-10-13-11-20-17-8-3-2-6-14(13)17/h2-8,11,19H,10H2,1H3. The second-order valence-electron chi connectivity index (χ2n) is 4.72. The predicted molar refractivity (Wildman–Crippen MR) is 85.0 cm³/mol. The van der Waals surface area contributed by atoms with E-state index in [0.717, 1.165) is 23.4 Å². The van der Waals surface area contributed by atoms with Gasteiger partial charge in [-0.15, -0.1) is 11.3 Å². The van der Waals surface area contributed by atoms with Crippen LogP contribution in [0.25, 0.3) is 10.1 Å². The van der Waals surface area contributed by atoms with Crippen molar-refractivity contribution in [2.75, 3.05) is 5.32 Å². The Balaban J connectivity index is 1.87. The van der Waals surface area contributed by atoms with Crippen LogP contribution >= 0.6 is 11.3 Å². The van der Waals surface area contributed by atoms with Crippen molar-refractivity contribution < 1.29 is 0 Å². The highest BCUT2D eigenvalue weighted by Gasteiger charge is 2.06. The minimum Gasteiger partial charge on any atom is -0.380 e. The van der Waals surface area contributed by atoms with Crippen LogP contribution in [0.5, 0.6) is 0 Å². The molecule has 0 radical (unpaired) electrons. The van der Waals surface area contributed by atoms with E-state index in [1.807, 2.05) is 25.1 Å². The van der Waals surface area contributed by atoms with Crippen molar-refractivity contribution >= 4 is 27.1 Å². The molecule has 0 fully saturated rings. The molecule has 1 aromatic heterocycles. The van der Waals surface area contributed by atoms with Gasteiger partial charge in [0.05, 0.1) is 11.3 Å². The van der Waals surface area contributed by atoms with Gasteiger partial charge in [0.25, 0.3) is 0 Å². The number of nitrogens with one attached hydrogen (secondary N) is 1. The number of rotatable bonds is 3. The average molecular weight is 278 g/mol. The van der Waals surface area contributed by atoms with Gasteiger partial charge in [0.1, 0.15) is 6.07 Å². The lowest BCUT2D eigenvalue weighted by Crippen LogP contribution is -2.01. The largest absolute Gasteiger partial charge is 0.380 e. The van der Waals surface area contributed by atoms with Crippen molar-refractivity contribution in [3.8, 4) is 6.07 Å². The number of thiophene rings is 1. The number of hydrogen-bond donors (Lipinski definition) is 1. The van der Waals surface area contributed by atoms with Crippen molar-refractivity contribution in [2.45, 2.75) is 13.5 Å². The molecule has 1 heterocycles. The molecule has 0 saturated carbocycles. The summed E-state index contributed by atoms with van der Waals surface area (Å²) in [4.78, 5) is 0. The summed E-state index contributed by atoms with van der Waals surface area (Å²) in [5.41, 5.74) is 3.92. The highest BCUT2D eigenvalue weighted by Crippen LogP contribution is 2.27. The number of anilines is 1. The molecular weight excluding hydrogens is 264 g/mol. The summed E-state index contributed by atoms with van der Waals surface area (Å²) in [6.07, 6.45) is 0. The molecule has 0 spiro atoms. The monoisotopic (exact) mass is 278 g/mol. The summed E-state index contributed by atoms with van der Waals surface area (Å²) in [7, 11) is 0. The summed E-state index contributed by atoms with van der Waals surface area (Å²) in [6.45, 7) is 2.70. The normalized spacial score (nSPS) is 10.4. The molecule has 0 aliphatic rings. The van der Waals surface area contributed by atoms with Gasteiger partial charge in [-0.05, 0) is 40.9 Å². The first-order valence-electron chi connectivity index (χ1n) is 6.48. The lowest BCUT2D eigenvalue weighted by atomic mass is 10.1. The van der Waals surface area contributed by atoms with Crippen molar-refractivity contribution in [1.82, 2.24) is 0 Å². The van der Waals surface area contributed by atoms with Gasteiger partial charge in [0.15, 0.2) is 0 Å². The Morgan fingerprint density at radius 2 is 2.00 bits per heavy atom. The molecule has 0 bridgehead atoms. The van der Waals surface area contributed by atoms with Crippen LogP contribution in [0.15, 0.2) is 47.8 Å². The second kappa shape index (κ2) is 5.36. The summed E-state index contributed by atoms with van der Waals surface area (Å²) < 4.78 is 1.30. The summed E-state index contributed by atoms with van der Waals surface area (Å²) >= 11 is 1.76. The lowest BCUT2D eigenvalue weighted by Gasteiger charge is -2.09. The van der Waals surface area contributed by atoms with E-state index in [0.29, 0.717) is 0 Å². The van der Waals surface area contributed by atoms with Crippen LogP contribution in [-0.2, 0) is 6.54 Å². The summed E-state index contributed by atoms with van der Waals surface area (Å²) in [5.74, 6) is 0. The van der Waals surface area contributed by atoms with E-state index in [-0.39, 0.29) is 0 Å². The van der Waals surface area contributed by atoms with Crippen LogP contribution in [0, 0.1) is 18.3 Å². The first kappa shape index (κ1) is 12.7. The molecular formula is C17H14N2S. The van der Waals surface area contributed by atoms with Gasteiger partial charge in [-0.3, -0.25) is 0 Å². The summed E-state index contributed by atoms with van der Waals surface area (Å²) in [5, 5.41) is 16.1. The number of benzene rings is 2. The zero-order valence-corrected chi connectivity index (χ0v) is 12.0. The van der Waals surface area contributed by atoms with E-state index in [2.05, 4.69) is 41.0 Å². The van der Waals surface area contributed by atoms with Crippen molar-refractivity contribution in [3.05, 3.63) is 64.5 Å². The number of aryl methyl sites for hydroxylation is 1. The smallest absolute Gasteiger partial charge is 0.102 e. The molecule has 2 nitrogen and oxygen atoms in total. The fourth-order valence-corrected chi connectivity index (χ4v) is 3.29. The molecule has 2 aromatic carbocycles. The van der Waals surface area contributed by atoms with Crippen LogP contribution in [0.4, 0.5) is 5.69 Å². The Morgan fingerprint density at radius 1 is 1.15 bits per heavy atom. The zero-order chi connectivity index (χ0) is 13.9. The molecule has 3 aromatic rings. The van der Waals surface area contributed by atoms with Crippen molar-refractivity contribution in [2.24, 2.45) is 0 Å². The van der Waals surface area contributed by atoms with Gasteiger partial charge in [-0.1, -0.05) is 30.3 Å². The molecule has 20 heavy (non-hydrogen) atoms. The van der Waals surface area contributed by atoms with Gasteiger partial charge in [0, 0.05) is 11.2 Å². The average Bonchev–Trinajstić information content (AvgIpc) is 2.88. The topological polar surface area (TPSA) is 35.8 Å². The Bertz CT molecular complexity index is 796. The predicted octanol–water partition coefficient (Wildman–Crippen LogP) is 4.69. The zero-order valence-electron chi connectivity index (χ0n) is 11.2. The van der Waals surface area contributed by atoms with E-state index in [4.69, 9.17) is 0 Å². The van der Waals surface area contributed by atoms with Crippen LogP contribution in [-0.4, -0.2) is 0 Å². The Hall–Kier alpha value is -2.31. The highest BCUT2D eigenvalue weighted by molar-refractivity contribution is 7.17. The number of hydrogen-bond acceptors (Lipinski definition) is 3. The van der Waals surface area contributed by atoms with Crippen molar-refractivity contribution in [3.63, 3.8) is 0 Å². The van der Waals surface area contributed by atoms with E-state index in [1.165, 1.54) is 15.6 Å². The van der Waals surface area contributed by atoms with Gasteiger partial charge < -0.3 is 5.32 Å². The Labute approximate surface area is 122 Å². The maximum absolute atomic E-state index is 9.24. The fraction of sp³-hybridized carbons (Fsp3) is 0.118. The van der Waals surface area contributed by atoms with E-state index < -0.39 is 0 Å². The third kappa shape index (κ3) is 2.26. The number of fused-ring (bicyclic) bond motifs is 1. The molecule has 3 rings (SSSR count). The van der Waals surface area contributed by atoms with Crippen LogP contribution in [0.1, 0.15) is 16.7 Å². The lowest BCUT2D eigenvalue weighted by molar-refractivity contribution is 1.17. The van der Waals surface area contributed by atoms with Gasteiger partial charge in [-0.2, -0.15) is 5.26 Å². The minimum absolute atomic E-state index is 0.729. The maximum Gasteiger partial charge on any atom is 0.102 e. The van der Waals surface area contributed by atoms with E-state index in [1.54, 1.807) is 11.3 Å². The molecule has 98 valence electrons. The molecule has 1 N–H and O–H groups in total.